The van der Waals surface area contributed by atoms with E-state index in [0.717, 1.165) is 26.1 Å². The van der Waals surface area contributed by atoms with Gasteiger partial charge in [-0.3, -0.25) is 0 Å². The fourth-order valence-corrected chi connectivity index (χ4v) is 2.33. The van der Waals surface area contributed by atoms with Gasteiger partial charge in [0, 0.05) is 13.2 Å². The van der Waals surface area contributed by atoms with Crippen LogP contribution in [0.3, 0.4) is 0 Å². The molecule has 0 aliphatic rings. The van der Waals surface area contributed by atoms with Crippen molar-refractivity contribution in [3.05, 3.63) is 0 Å². The first-order chi connectivity index (χ1) is 13.4. The summed E-state index contributed by atoms with van der Waals surface area (Å²) >= 11 is 0. The van der Waals surface area contributed by atoms with Gasteiger partial charge in [-0.05, 0) is 12.8 Å². The van der Waals surface area contributed by atoms with E-state index in [1.54, 1.807) is 0 Å². The third-order valence-electron chi connectivity index (χ3n) is 3.85. The molecule has 0 aliphatic carbocycles. The Kier molecular flexibility index (Phi) is 25.5. The summed E-state index contributed by atoms with van der Waals surface area (Å²) in [5.41, 5.74) is 0. The van der Waals surface area contributed by atoms with Crippen molar-refractivity contribution in [3.8, 4) is 0 Å². The third-order valence-corrected chi connectivity index (χ3v) is 3.85. The van der Waals surface area contributed by atoms with Crippen molar-refractivity contribution in [2.75, 3.05) is 79.3 Å². The van der Waals surface area contributed by atoms with Gasteiger partial charge in [-0.2, -0.15) is 0 Å². The monoisotopic (exact) mass is 392 g/mol. The van der Waals surface area contributed by atoms with E-state index >= 15 is 0 Å². The molecule has 0 rings (SSSR count). The maximum absolute atomic E-state index is 5.55. The van der Waals surface area contributed by atoms with Gasteiger partial charge in [-0.25, -0.2) is 0 Å². The highest BCUT2D eigenvalue weighted by Crippen LogP contribution is 2.04. The molecule has 164 valence electrons. The van der Waals surface area contributed by atoms with Crippen molar-refractivity contribution >= 4 is 0 Å². The van der Waals surface area contributed by atoms with Crippen LogP contribution in [0.25, 0.3) is 0 Å². The lowest BCUT2D eigenvalue weighted by atomic mass is 10.1. The Morgan fingerprint density at radius 3 is 1.04 bits per heavy atom. The molecule has 0 unspecified atom stereocenters. The first kappa shape index (κ1) is 26.8. The molecule has 0 N–H and O–H groups in total. The fraction of sp³-hybridized carbons (Fsp3) is 1.00. The smallest absolute Gasteiger partial charge is 0.0701 e. The van der Waals surface area contributed by atoms with Crippen molar-refractivity contribution in [1.29, 1.82) is 0 Å². The minimum atomic E-state index is 0.580. The molecule has 0 spiro atoms. The van der Waals surface area contributed by atoms with Crippen LogP contribution in [0, 0.1) is 0 Å². The zero-order chi connectivity index (χ0) is 19.7. The number of unbranched alkanes of at least 4 members (excludes halogenated alkanes) is 5. The van der Waals surface area contributed by atoms with Crippen molar-refractivity contribution in [2.45, 2.75) is 58.8 Å². The molecule has 0 saturated carbocycles. The van der Waals surface area contributed by atoms with Crippen LogP contribution < -0.4 is 0 Å². The number of rotatable bonds is 24. The van der Waals surface area contributed by atoms with Crippen LogP contribution in [0.15, 0.2) is 0 Å². The summed E-state index contributed by atoms with van der Waals surface area (Å²) in [7, 11) is 0. The van der Waals surface area contributed by atoms with Gasteiger partial charge in [-0.1, -0.05) is 46.0 Å². The van der Waals surface area contributed by atoms with E-state index in [1.807, 2.05) is 0 Å². The molecule has 0 radical (unpaired) electrons. The van der Waals surface area contributed by atoms with Gasteiger partial charge in [0.05, 0.1) is 66.1 Å². The van der Waals surface area contributed by atoms with Gasteiger partial charge in [0.1, 0.15) is 0 Å². The normalized spacial score (nSPS) is 11.3. The highest BCUT2D eigenvalue weighted by Gasteiger charge is 1.94. The van der Waals surface area contributed by atoms with Crippen LogP contribution in [-0.4, -0.2) is 79.3 Å². The van der Waals surface area contributed by atoms with Crippen LogP contribution in [0.2, 0.25) is 0 Å². The maximum atomic E-state index is 5.55. The van der Waals surface area contributed by atoms with Crippen LogP contribution in [-0.2, 0) is 28.4 Å². The Morgan fingerprint density at radius 2 is 0.630 bits per heavy atom. The SMILES string of the molecule is CCCCCCCCOCCOCCOCCOCCOCCOCCC. The molecule has 0 atom stereocenters. The van der Waals surface area contributed by atoms with E-state index in [9.17, 15) is 0 Å². The summed E-state index contributed by atoms with van der Waals surface area (Å²) in [6.45, 7) is 12.1. The Balaban J connectivity index is 2.95. The summed E-state index contributed by atoms with van der Waals surface area (Å²) in [5.74, 6) is 0. The van der Waals surface area contributed by atoms with E-state index < -0.39 is 0 Å². The molecule has 0 amide bonds. The minimum Gasteiger partial charge on any atom is -0.379 e. The lowest BCUT2D eigenvalue weighted by Gasteiger charge is -2.08. The molecule has 0 aromatic heterocycles. The standard InChI is InChI=1S/C21H44O6/c1-3-5-6-7-8-9-11-23-13-15-25-17-19-27-21-20-26-18-16-24-14-12-22-10-4-2/h3-21H2,1-2H3. The van der Waals surface area contributed by atoms with Gasteiger partial charge >= 0.3 is 0 Å². The average molecular weight is 393 g/mol. The molecular formula is C21H44O6. The molecule has 0 fully saturated rings. The summed E-state index contributed by atoms with van der Waals surface area (Å²) in [5, 5.41) is 0. The Bertz CT molecular complexity index is 229. The van der Waals surface area contributed by atoms with E-state index in [0.29, 0.717) is 66.1 Å². The van der Waals surface area contributed by atoms with Gasteiger partial charge in [-0.15, -0.1) is 0 Å². The number of hydrogen-bond donors (Lipinski definition) is 0. The molecule has 0 aliphatic heterocycles. The van der Waals surface area contributed by atoms with Crippen molar-refractivity contribution in [1.82, 2.24) is 0 Å². The van der Waals surface area contributed by atoms with Crippen LogP contribution in [0.4, 0.5) is 0 Å². The number of hydrogen-bond acceptors (Lipinski definition) is 6. The molecule has 6 nitrogen and oxygen atoms in total. The second kappa shape index (κ2) is 25.8. The molecule has 0 bridgehead atoms. The lowest BCUT2D eigenvalue weighted by molar-refractivity contribution is -0.0168. The molecule has 0 heterocycles. The molecule has 27 heavy (non-hydrogen) atoms. The first-order valence-corrected chi connectivity index (χ1v) is 10.9. The molecule has 0 saturated heterocycles. The molecule has 0 aromatic carbocycles. The van der Waals surface area contributed by atoms with E-state index in [2.05, 4.69) is 13.8 Å². The van der Waals surface area contributed by atoms with Crippen molar-refractivity contribution in [3.63, 3.8) is 0 Å². The Morgan fingerprint density at radius 1 is 0.296 bits per heavy atom. The van der Waals surface area contributed by atoms with Gasteiger partial charge in [0.15, 0.2) is 0 Å². The van der Waals surface area contributed by atoms with Gasteiger partial charge < -0.3 is 28.4 Å². The predicted molar refractivity (Wildman–Crippen MR) is 109 cm³/mol. The molecular weight excluding hydrogens is 348 g/mol. The van der Waals surface area contributed by atoms with Gasteiger partial charge in [0.25, 0.3) is 0 Å². The van der Waals surface area contributed by atoms with Crippen LogP contribution >= 0.6 is 0 Å². The number of ether oxygens (including phenoxy) is 6. The maximum Gasteiger partial charge on any atom is 0.0701 e. The quantitative estimate of drug-likeness (QED) is 0.233. The molecule has 6 heteroatoms. The minimum absolute atomic E-state index is 0.580. The van der Waals surface area contributed by atoms with Crippen LogP contribution in [0.1, 0.15) is 58.8 Å². The topological polar surface area (TPSA) is 55.4 Å². The first-order valence-electron chi connectivity index (χ1n) is 10.9. The zero-order valence-corrected chi connectivity index (χ0v) is 17.9. The van der Waals surface area contributed by atoms with Crippen molar-refractivity contribution < 1.29 is 28.4 Å². The second-order valence-electron chi connectivity index (χ2n) is 6.44. The summed E-state index contributed by atoms with van der Waals surface area (Å²) in [6.07, 6.45) is 8.81. The zero-order valence-electron chi connectivity index (χ0n) is 17.9. The summed E-state index contributed by atoms with van der Waals surface area (Å²) < 4.78 is 32.6. The highest BCUT2D eigenvalue weighted by molar-refractivity contribution is 4.43. The van der Waals surface area contributed by atoms with Gasteiger partial charge in [0.2, 0.25) is 0 Å². The molecule has 0 aromatic rings. The summed E-state index contributed by atoms with van der Waals surface area (Å²) in [4.78, 5) is 0. The van der Waals surface area contributed by atoms with Crippen molar-refractivity contribution in [2.24, 2.45) is 0 Å². The largest absolute Gasteiger partial charge is 0.379 e. The average Bonchev–Trinajstić information content (AvgIpc) is 2.68. The highest BCUT2D eigenvalue weighted by atomic mass is 16.6. The summed E-state index contributed by atoms with van der Waals surface area (Å²) in [6, 6.07) is 0. The fourth-order valence-electron chi connectivity index (χ4n) is 2.33. The Labute approximate surface area is 167 Å². The van der Waals surface area contributed by atoms with E-state index in [1.165, 1.54) is 32.1 Å². The Hall–Kier alpha value is -0.240. The second-order valence-corrected chi connectivity index (χ2v) is 6.44. The predicted octanol–water partition coefficient (Wildman–Crippen LogP) is 3.86. The van der Waals surface area contributed by atoms with E-state index in [-0.39, 0.29) is 0 Å². The lowest BCUT2D eigenvalue weighted by Crippen LogP contribution is -2.14. The van der Waals surface area contributed by atoms with Crippen LogP contribution in [0.5, 0.6) is 0 Å². The van der Waals surface area contributed by atoms with E-state index in [4.69, 9.17) is 28.4 Å². The third kappa shape index (κ3) is 25.8.